The Balaban J connectivity index is 1.53. The third-order valence-electron chi connectivity index (χ3n) is 5.16. The number of aromatic nitrogens is 2. The summed E-state index contributed by atoms with van der Waals surface area (Å²) in [7, 11) is -1.53. The lowest BCUT2D eigenvalue weighted by Crippen LogP contribution is -2.47. The SMILES string of the molecule is Cn1cc(CCC(=O)N2CCCN(S(=O)(=O)N3CCCCC3)CC2)cn1. The minimum atomic E-state index is -3.39. The monoisotopic (exact) mass is 383 g/mol. The van der Waals surface area contributed by atoms with Crippen LogP contribution in [-0.4, -0.2) is 76.9 Å². The molecule has 2 fully saturated rings. The molecule has 146 valence electrons. The molecule has 3 rings (SSSR count). The van der Waals surface area contributed by atoms with Gasteiger partial charge in [-0.2, -0.15) is 22.1 Å². The van der Waals surface area contributed by atoms with Gasteiger partial charge in [-0.25, -0.2) is 0 Å². The zero-order valence-corrected chi connectivity index (χ0v) is 16.3. The van der Waals surface area contributed by atoms with Crippen LogP contribution in [0.1, 0.15) is 37.7 Å². The third kappa shape index (κ3) is 4.63. The van der Waals surface area contributed by atoms with Crippen molar-refractivity contribution in [3.05, 3.63) is 18.0 Å². The first-order valence-corrected chi connectivity index (χ1v) is 10.9. The van der Waals surface area contributed by atoms with Crippen molar-refractivity contribution >= 4 is 16.1 Å². The van der Waals surface area contributed by atoms with E-state index >= 15 is 0 Å². The first kappa shape index (κ1) is 19.3. The molecule has 0 aliphatic carbocycles. The zero-order valence-electron chi connectivity index (χ0n) is 15.5. The lowest BCUT2D eigenvalue weighted by Gasteiger charge is -2.31. The predicted molar refractivity (Wildman–Crippen MR) is 98.6 cm³/mol. The fourth-order valence-electron chi connectivity index (χ4n) is 3.64. The molecule has 1 aromatic rings. The molecule has 26 heavy (non-hydrogen) atoms. The molecule has 2 aliphatic rings. The Morgan fingerprint density at radius 1 is 1.00 bits per heavy atom. The first-order chi connectivity index (χ1) is 12.5. The smallest absolute Gasteiger partial charge is 0.282 e. The number of nitrogens with zero attached hydrogens (tertiary/aromatic N) is 5. The summed E-state index contributed by atoms with van der Waals surface area (Å²) in [5, 5.41) is 4.12. The van der Waals surface area contributed by atoms with E-state index in [2.05, 4.69) is 5.10 Å². The van der Waals surface area contributed by atoms with Gasteiger partial charge in [0, 0.05) is 58.9 Å². The molecule has 2 aliphatic heterocycles. The highest BCUT2D eigenvalue weighted by Crippen LogP contribution is 2.18. The number of hydrogen-bond donors (Lipinski definition) is 0. The first-order valence-electron chi connectivity index (χ1n) is 9.47. The largest absolute Gasteiger partial charge is 0.341 e. The molecule has 2 saturated heterocycles. The lowest BCUT2D eigenvalue weighted by atomic mass is 10.2. The molecule has 8 nitrogen and oxygen atoms in total. The molecule has 1 aromatic heterocycles. The van der Waals surface area contributed by atoms with Crippen LogP contribution in [0.2, 0.25) is 0 Å². The fourth-order valence-corrected chi connectivity index (χ4v) is 5.36. The molecule has 3 heterocycles. The summed E-state index contributed by atoms with van der Waals surface area (Å²) in [6.07, 6.45) is 8.46. The van der Waals surface area contributed by atoms with E-state index in [-0.39, 0.29) is 5.91 Å². The van der Waals surface area contributed by atoms with Crippen molar-refractivity contribution in [3.8, 4) is 0 Å². The average Bonchev–Trinajstić information content (AvgIpc) is 2.90. The highest BCUT2D eigenvalue weighted by molar-refractivity contribution is 7.86. The Kier molecular flexibility index (Phi) is 6.31. The summed E-state index contributed by atoms with van der Waals surface area (Å²) >= 11 is 0. The summed E-state index contributed by atoms with van der Waals surface area (Å²) < 4.78 is 30.5. The van der Waals surface area contributed by atoms with Crippen LogP contribution in [0.3, 0.4) is 0 Å². The van der Waals surface area contributed by atoms with E-state index in [1.165, 1.54) is 0 Å². The molecule has 9 heteroatoms. The van der Waals surface area contributed by atoms with Gasteiger partial charge in [0.1, 0.15) is 0 Å². The molecule has 0 spiro atoms. The number of amides is 1. The second kappa shape index (κ2) is 8.49. The zero-order chi connectivity index (χ0) is 18.6. The Morgan fingerprint density at radius 2 is 1.69 bits per heavy atom. The highest BCUT2D eigenvalue weighted by atomic mass is 32.2. The Labute approximate surface area is 155 Å². The van der Waals surface area contributed by atoms with Gasteiger partial charge in [0.2, 0.25) is 5.91 Å². The van der Waals surface area contributed by atoms with Crippen LogP contribution in [0.15, 0.2) is 12.4 Å². The molecular weight excluding hydrogens is 354 g/mol. The van der Waals surface area contributed by atoms with Gasteiger partial charge in [0.25, 0.3) is 10.2 Å². The number of aryl methyl sites for hydroxylation is 2. The Morgan fingerprint density at radius 3 is 2.38 bits per heavy atom. The molecule has 0 atom stereocenters. The van der Waals surface area contributed by atoms with E-state index in [0.717, 1.165) is 24.8 Å². The van der Waals surface area contributed by atoms with Gasteiger partial charge in [-0.1, -0.05) is 6.42 Å². The normalized spacial score (nSPS) is 20.9. The minimum Gasteiger partial charge on any atom is -0.341 e. The van der Waals surface area contributed by atoms with Crippen LogP contribution < -0.4 is 0 Å². The molecule has 0 N–H and O–H groups in total. The van der Waals surface area contributed by atoms with Crippen molar-refractivity contribution in [1.29, 1.82) is 0 Å². The highest BCUT2D eigenvalue weighted by Gasteiger charge is 2.32. The van der Waals surface area contributed by atoms with Crippen LogP contribution in [0.25, 0.3) is 0 Å². The predicted octanol–water partition coefficient (Wildman–Crippen LogP) is 0.618. The molecular formula is C17H29N5O3S. The van der Waals surface area contributed by atoms with Crippen molar-refractivity contribution in [2.24, 2.45) is 7.05 Å². The Bertz CT molecular complexity index is 712. The topological polar surface area (TPSA) is 78.8 Å². The van der Waals surface area contributed by atoms with Crippen molar-refractivity contribution in [2.75, 3.05) is 39.3 Å². The van der Waals surface area contributed by atoms with Gasteiger partial charge in [0.05, 0.1) is 6.20 Å². The quantitative estimate of drug-likeness (QED) is 0.747. The molecule has 0 aromatic carbocycles. The van der Waals surface area contributed by atoms with Crippen LogP contribution in [-0.2, 0) is 28.5 Å². The summed E-state index contributed by atoms with van der Waals surface area (Å²) in [6.45, 7) is 3.21. The summed E-state index contributed by atoms with van der Waals surface area (Å²) in [5.74, 6) is 0.0890. The summed E-state index contributed by atoms with van der Waals surface area (Å²) in [5.41, 5.74) is 1.05. The number of carbonyl (C=O) groups excluding carboxylic acids is 1. The van der Waals surface area contributed by atoms with Crippen molar-refractivity contribution in [3.63, 3.8) is 0 Å². The van der Waals surface area contributed by atoms with E-state index in [1.807, 2.05) is 18.1 Å². The number of carbonyl (C=O) groups is 1. The molecule has 0 radical (unpaired) electrons. The van der Waals surface area contributed by atoms with Gasteiger partial charge >= 0.3 is 0 Å². The van der Waals surface area contributed by atoms with E-state index in [4.69, 9.17) is 0 Å². The van der Waals surface area contributed by atoms with E-state index < -0.39 is 10.2 Å². The molecule has 0 saturated carbocycles. The van der Waals surface area contributed by atoms with E-state index in [9.17, 15) is 13.2 Å². The second-order valence-corrected chi connectivity index (χ2v) is 9.05. The van der Waals surface area contributed by atoms with Crippen LogP contribution in [0.5, 0.6) is 0 Å². The van der Waals surface area contributed by atoms with Crippen LogP contribution in [0, 0.1) is 0 Å². The average molecular weight is 384 g/mol. The maximum absolute atomic E-state index is 12.8. The van der Waals surface area contributed by atoms with Crippen molar-refractivity contribution < 1.29 is 13.2 Å². The maximum atomic E-state index is 12.8. The standard InChI is InChI=1S/C17H29N5O3S/c1-19-15-16(14-18-19)6-7-17(23)20-8-5-11-22(13-12-20)26(24,25)21-9-3-2-4-10-21/h14-15H,2-13H2,1H3. The Hall–Kier alpha value is -1.45. The minimum absolute atomic E-state index is 0.0890. The van der Waals surface area contributed by atoms with Crippen LogP contribution in [0.4, 0.5) is 0 Å². The van der Waals surface area contributed by atoms with Gasteiger partial charge in [-0.05, 0) is 31.2 Å². The van der Waals surface area contributed by atoms with Gasteiger partial charge in [0.15, 0.2) is 0 Å². The maximum Gasteiger partial charge on any atom is 0.282 e. The molecule has 0 unspecified atom stereocenters. The van der Waals surface area contributed by atoms with Gasteiger partial charge in [-0.3, -0.25) is 9.48 Å². The van der Waals surface area contributed by atoms with E-state index in [0.29, 0.717) is 58.5 Å². The van der Waals surface area contributed by atoms with Crippen molar-refractivity contribution in [2.45, 2.75) is 38.5 Å². The number of hydrogen-bond acceptors (Lipinski definition) is 4. The van der Waals surface area contributed by atoms with Crippen LogP contribution >= 0.6 is 0 Å². The number of rotatable bonds is 5. The van der Waals surface area contributed by atoms with E-state index in [1.54, 1.807) is 19.5 Å². The lowest BCUT2D eigenvalue weighted by molar-refractivity contribution is -0.131. The van der Waals surface area contributed by atoms with Crippen molar-refractivity contribution in [1.82, 2.24) is 23.3 Å². The number of piperidine rings is 1. The molecule has 1 amide bonds. The summed E-state index contributed by atoms with van der Waals surface area (Å²) in [6, 6.07) is 0. The van der Waals surface area contributed by atoms with Gasteiger partial charge in [-0.15, -0.1) is 0 Å². The van der Waals surface area contributed by atoms with Gasteiger partial charge < -0.3 is 4.90 Å². The summed E-state index contributed by atoms with van der Waals surface area (Å²) in [4.78, 5) is 14.3. The third-order valence-corrected chi connectivity index (χ3v) is 7.20. The fraction of sp³-hybridized carbons (Fsp3) is 0.765. The molecule has 0 bridgehead atoms. The second-order valence-electron chi connectivity index (χ2n) is 7.12.